The molecular weight excluding hydrogens is 294 g/mol. The molecule has 0 radical (unpaired) electrons. The molecule has 3 nitrogen and oxygen atoms in total. The first-order valence-electron chi connectivity index (χ1n) is 6.26. The Morgan fingerprint density at radius 1 is 1.39 bits per heavy atom. The average molecular weight is 310 g/mol. The predicted octanol–water partition coefficient (Wildman–Crippen LogP) is 3.06. The van der Waals surface area contributed by atoms with Gasteiger partial charge in [-0.15, -0.1) is 0 Å². The summed E-state index contributed by atoms with van der Waals surface area (Å²) in [7, 11) is 0. The Morgan fingerprint density at radius 3 is 2.83 bits per heavy atom. The van der Waals surface area contributed by atoms with E-state index in [1.54, 1.807) is 0 Å². The fourth-order valence-electron chi connectivity index (χ4n) is 2.83. The number of benzene rings is 1. The Labute approximate surface area is 115 Å². The number of hydrogen-bond acceptors (Lipinski definition) is 2. The molecule has 2 heterocycles. The summed E-state index contributed by atoms with van der Waals surface area (Å²) in [6.07, 6.45) is 1.07. The molecule has 0 N–H and O–H groups in total. The van der Waals surface area contributed by atoms with Gasteiger partial charge >= 0.3 is 0 Å². The molecular formula is C14H16BrNO2. The zero-order valence-electron chi connectivity index (χ0n) is 10.8. The van der Waals surface area contributed by atoms with Crippen molar-refractivity contribution in [2.75, 3.05) is 6.54 Å². The first-order chi connectivity index (χ1) is 8.49. The van der Waals surface area contributed by atoms with Gasteiger partial charge in [0.15, 0.2) is 0 Å². The van der Waals surface area contributed by atoms with Crippen LogP contribution in [0.1, 0.15) is 34.8 Å². The third-order valence-electron chi connectivity index (χ3n) is 4.09. The standard InChI is InChI=1S/C14H16BrNO2/c1-7-4-10-6-16(7)14(17)11-5-12(15)8(2)9(3)13(11)18-10/h5,7,10H,4,6H2,1-3H3/t7-,10-/m0/s1. The van der Waals surface area contributed by atoms with Crippen molar-refractivity contribution in [2.24, 2.45) is 0 Å². The van der Waals surface area contributed by atoms with Crippen LogP contribution in [-0.4, -0.2) is 29.5 Å². The lowest BCUT2D eigenvalue weighted by molar-refractivity contribution is 0.0748. The number of carbonyl (C=O) groups excluding carboxylic acids is 1. The van der Waals surface area contributed by atoms with Crippen molar-refractivity contribution >= 4 is 21.8 Å². The van der Waals surface area contributed by atoms with Crippen LogP contribution in [0.2, 0.25) is 0 Å². The van der Waals surface area contributed by atoms with E-state index in [-0.39, 0.29) is 18.1 Å². The van der Waals surface area contributed by atoms with Gasteiger partial charge in [0.05, 0.1) is 12.1 Å². The van der Waals surface area contributed by atoms with Gasteiger partial charge < -0.3 is 9.64 Å². The number of ether oxygens (including phenoxy) is 1. The maximum absolute atomic E-state index is 12.5. The van der Waals surface area contributed by atoms with E-state index in [1.165, 1.54) is 0 Å². The van der Waals surface area contributed by atoms with Crippen molar-refractivity contribution in [3.63, 3.8) is 0 Å². The molecule has 3 rings (SSSR count). The maximum Gasteiger partial charge on any atom is 0.258 e. The van der Waals surface area contributed by atoms with Crippen LogP contribution in [0.5, 0.6) is 5.75 Å². The normalized spacial score (nSPS) is 25.8. The van der Waals surface area contributed by atoms with Gasteiger partial charge in [0, 0.05) is 16.9 Å². The molecule has 1 fully saturated rings. The fraction of sp³-hybridized carbons (Fsp3) is 0.500. The van der Waals surface area contributed by atoms with E-state index < -0.39 is 0 Å². The number of hydrogen-bond donors (Lipinski definition) is 0. The van der Waals surface area contributed by atoms with Gasteiger partial charge in [0.2, 0.25) is 0 Å². The molecule has 1 aromatic rings. The number of fused-ring (bicyclic) bond motifs is 3. The quantitative estimate of drug-likeness (QED) is 0.737. The van der Waals surface area contributed by atoms with E-state index in [4.69, 9.17) is 4.74 Å². The second kappa shape index (κ2) is 3.98. The van der Waals surface area contributed by atoms with Crippen LogP contribution in [0.4, 0.5) is 0 Å². The Kier molecular flexibility index (Phi) is 2.66. The Morgan fingerprint density at radius 2 is 2.11 bits per heavy atom. The van der Waals surface area contributed by atoms with Gasteiger partial charge in [-0.05, 0) is 38.0 Å². The van der Waals surface area contributed by atoms with Crippen molar-refractivity contribution in [3.05, 3.63) is 27.2 Å². The summed E-state index contributed by atoms with van der Waals surface area (Å²) in [5.41, 5.74) is 2.90. The van der Waals surface area contributed by atoms with Crippen molar-refractivity contribution in [3.8, 4) is 5.75 Å². The molecule has 96 valence electrons. The third kappa shape index (κ3) is 1.58. The Hall–Kier alpha value is -1.03. The molecule has 0 aromatic heterocycles. The van der Waals surface area contributed by atoms with Crippen LogP contribution in [0.25, 0.3) is 0 Å². The second-order valence-electron chi connectivity index (χ2n) is 5.27. The van der Waals surface area contributed by atoms with Gasteiger partial charge in [-0.2, -0.15) is 0 Å². The molecule has 1 aromatic carbocycles. The predicted molar refractivity (Wildman–Crippen MR) is 73.1 cm³/mol. The van der Waals surface area contributed by atoms with Gasteiger partial charge in [-0.25, -0.2) is 0 Å². The highest BCUT2D eigenvalue weighted by atomic mass is 79.9. The largest absolute Gasteiger partial charge is 0.487 e. The van der Waals surface area contributed by atoms with Crippen molar-refractivity contribution in [2.45, 2.75) is 39.3 Å². The zero-order valence-corrected chi connectivity index (χ0v) is 12.4. The summed E-state index contributed by atoms with van der Waals surface area (Å²) < 4.78 is 7.05. The fourth-order valence-corrected chi connectivity index (χ4v) is 3.36. The number of carbonyl (C=O) groups is 1. The molecule has 0 saturated carbocycles. The molecule has 0 spiro atoms. The number of nitrogens with zero attached hydrogens (tertiary/aromatic N) is 1. The molecule has 2 aliphatic heterocycles. The van der Waals surface area contributed by atoms with Crippen LogP contribution in [0.15, 0.2) is 10.5 Å². The minimum Gasteiger partial charge on any atom is -0.487 e. The molecule has 2 aliphatic rings. The lowest BCUT2D eigenvalue weighted by Gasteiger charge is -2.23. The van der Waals surface area contributed by atoms with Gasteiger partial charge in [-0.3, -0.25) is 4.79 Å². The first kappa shape index (κ1) is 12.0. The highest BCUT2D eigenvalue weighted by Crippen LogP contribution is 2.38. The average Bonchev–Trinajstić information content (AvgIpc) is 2.63. The summed E-state index contributed by atoms with van der Waals surface area (Å²) in [5.74, 6) is 0.876. The van der Waals surface area contributed by atoms with E-state index in [2.05, 4.69) is 22.9 Å². The van der Waals surface area contributed by atoms with Gasteiger partial charge in [0.1, 0.15) is 11.9 Å². The van der Waals surface area contributed by atoms with E-state index in [1.807, 2.05) is 24.8 Å². The van der Waals surface area contributed by atoms with Crippen LogP contribution in [0, 0.1) is 13.8 Å². The molecule has 1 saturated heterocycles. The summed E-state index contributed by atoms with van der Waals surface area (Å²) in [4.78, 5) is 14.5. The maximum atomic E-state index is 12.5. The molecule has 2 bridgehead atoms. The summed E-state index contributed by atoms with van der Waals surface area (Å²) in [6.45, 7) is 6.86. The molecule has 0 unspecified atom stereocenters. The first-order valence-corrected chi connectivity index (χ1v) is 7.05. The zero-order chi connectivity index (χ0) is 13.0. The van der Waals surface area contributed by atoms with Crippen LogP contribution in [0.3, 0.4) is 0 Å². The van der Waals surface area contributed by atoms with Crippen LogP contribution < -0.4 is 4.74 Å². The second-order valence-corrected chi connectivity index (χ2v) is 6.12. The van der Waals surface area contributed by atoms with Gasteiger partial charge in [-0.1, -0.05) is 15.9 Å². The Balaban J connectivity index is 2.20. The number of amides is 1. The number of halogens is 1. The molecule has 4 heteroatoms. The lowest BCUT2D eigenvalue weighted by atomic mass is 10.0. The number of rotatable bonds is 0. The molecule has 18 heavy (non-hydrogen) atoms. The molecule has 0 aliphatic carbocycles. The SMILES string of the molecule is Cc1c(Br)cc2c(c1C)O[C@H]1C[C@H](C)N(C1)C2=O. The lowest BCUT2D eigenvalue weighted by Crippen LogP contribution is -2.33. The van der Waals surface area contributed by atoms with Crippen LogP contribution >= 0.6 is 15.9 Å². The minimum atomic E-state index is 0.0984. The van der Waals surface area contributed by atoms with Crippen molar-refractivity contribution in [1.29, 1.82) is 0 Å². The van der Waals surface area contributed by atoms with E-state index in [0.717, 1.165) is 27.8 Å². The summed E-state index contributed by atoms with van der Waals surface area (Å²) in [6, 6.07) is 2.17. The highest BCUT2D eigenvalue weighted by molar-refractivity contribution is 9.10. The van der Waals surface area contributed by atoms with E-state index in [9.17, 15) is 4.79 Å². The highest BCUT2D eigenvalue weighted by Gasteiger charge is 2.39. The molecule has 2 atom stereocenters. The van der Waals surface area contributed by atoms with E-state index >= 15 is 0 Å². The third-order valence-corrected chi connectivity index (χ3v) is 4.91. The Bertz CT molecular complexity index is 541. The van der Waals surface area contributed by atoms with Crippen molar-refractivity contribution < 1.29 is 9.53 Å². The van der Waals surface area contributed by atoms with Gasteiger partial charge in [0.25, 0.3) is 5.91 Å². The smallest absolute Gasteiger partial charge is 0.258 e. The summed E-state index contributed by atoms with van der Waals surface area (Å²) >= 11 is 3.52. The van der Waals surface area contributed by atoms with Crippen LogP contribution in [-0.2, 0) is 0 Å². The topological polar surface area (TPSA) is 29.5 Å². The van der Waals surface area contributed by atoms with E-state index in [0.29, 0.717) is 12.1 Å². The van der Waals surface area contributed by atoms with Crippen molar-refractivity contribution in [1.82, 2.24) is 4.90 Å². The minimum absolute atomic E-state index is 0.0984. The summed E-state index contributed by atoms with van der Waals surface area (Å²) in [5, 5.41) is 0. The monoisotopic (exact) mass is 309 g/mol. The molecule has 1 amide bonds.